The predicted octanol–water partition coefficient (Wildman–Crippen LogP) is 15.6. The third-order valence-electron chi connectivity index (χ3n) is 30.1. The lowest BCUT2D eigenvalue weighted by molar-refractivity contribution is -0.145. The number of ether oxygens (including phenoxy) is 12. The number of nitrogens with one attached hydrogen (secondary N) is 3. The number of alkyl halides is 1. The van der Waals surface area contributed by atoms with Gasteiger partial charge in [-0.05, 0) is 337 Å². The molecule has 5 aromatic rings. The van der Waals surface area contributed by atoms with Crippen LogP contribution in [-0.4, -0.2) is 213 Å². The molecule has 5 N–H and O–H groups in total. The maximum absolute atomic E-state index is 12.3. The van der Waals surface area contributed by atoms with E-state index in [1.54, 1.807) is 11.6 Å². The Hall–Kier alpha value is -7.46. The van der Waals surface area contributed by atoms with Crippen LogP contribution in [0.4, 0.5) is 0 Å². The Bertz CT molecular complexity index is 4080. The lowest BCUT2D eigenvalue weighted by atomic mass is 9.48. The van der Waals surface area contributed by atoms with E-state index in [1.807, 2.05) is 54.7 Å². The molecule has 16 fully saturated rings. The zero-order valence-corrected chi connectivity index (χ0v) is 77.4. The number of rotatable bonds is 52. The van der Waals surface area contributed by atoms with Gasteiger partial charge < -0.3 is 83.0 Å². The first kappa shape index (κ1) is 97.6. The van der Waals surface area contributed by atoms with Crippen molar-refractivity contribution >= 4 is 41.3 Å². The molecule has 1 aromatic heterocycles. The van der Waals surface area contributed by atoms with Gasteiger partial charge in [0.2, 0.25) is 11.8 Å². The average Bonchev–Trinajstić information content (AvgIpc) is 1.18. The Labute approximate surface area is 769 Å². The lowest BCUT2D eigenvalue weighted by Gasteiger charge is -2.57. The third-order valence-corrected chi connectivity index (χ3v) is 30.3. The second-order valence-electron chi connectivity index (χ2n) is 39.9. The number of amides is 3. The summed E-state index contributed by atoms with van der Waals surface area (Å²) in [5, 5.41) is 34.8. The number of phenolic OH excluding ortho intramolecular Hbond substituents is 1. The molecule has 25 nitrogen and oxygen atoms in total. The van der Waals surface area contributed by atoms with E-state index in [0.29, 0.717) is 171 Å². The van der Waals surface area contributed by atoms with Crippen molar-refractivity contribution in [2.45, 2.75) is 228 Å². The second kappa shape index (κ2) is 49.5. The van der Waals surface area contributed by atoms with Crippen LogP contribution in [0.2, 0.25) is 0 Å². The molecule has 129 heavy (non-hydrogen) atoms. The Morgan fingerprint density at radius 3 is 1.07 bits per heavy atom. The summed E-state index contributed by atoms with van der Waals surface area (Å²) in [5.41, 5.74) is 8.28. The van der Waals surface area contributed by atoms with Crippen molar-refractivity contribution in [3.8, 4) is 23.0 Å². The number of hydrogen-bond donors (Lipinski definition) is 5. The summed E-state index contributed by atoms with van der Waals surface area (Å²) in [6.07, 6.45) is 40.9. The smallest absolute Gasteiger partial charge is 0.344 e. The van der Waals surface area contributed by atoms with E-state index in [-0.39, 0.29) is 56.5 Å². The van der Waals surface area contributed by atoms with E-state index in [9.17, 15) is 29.1 Å². The first-order valence-corrected chi connectivity index (χ1v) is 49.7. The molecule has 1 heterocycles. The number of hydrogen-bond acceptors (Lipinski definition) is 20. The number of carboxylic acids is 1. The highest BCUT2D eigenvalue weighted by atomic mass is 35.5. The second-order valence-corrected chi connectivity index (χ2v) is 40.3. The van der Waals surface area contributed by atoms with E-state index in [1.165, 1.54) is 176 Å². The van der Waals surface area contributed by atoms with Crippen molar-refractivity contribution in [3.63, 3.8) is 0 Å². The highest BCUT2D eigenvalue weighted by Gasteiger charge is 2.55. The van der Waals surface area contributed by atoms with Crippen LogP contribution in [0.3, 0.4) is 0 Å². The molecule has 0 saturated heterocycles. The number of carbonyl (C=O) groups is 5. The minimum atomic E-state index is -0.930. The van der Waals surface area contributed by atoms with Crippen LogP contribution in [-0.2, 0) is 101 Å². The summed E-state index contributed by atoms with van der Waals surface area (Å²) in [7, 11) is 0. The quantitative estimate of drug-likeness (QED) is 0.0137. The number of carbonyl (C=O) groups excluding carboxylic acids is 4. The average molecular weight is 1810 g/mol. The number of aliphatic carboxylic acids is 1. The molecule has 16 aliphatic rings. The number of benzene rings is 4. The molecule has 16 bridgehead atoms. The van der Waals surface area contributed by atoms with E-state index in [0.717, 1.165) is 120 Å². The number of nitrogens with zero attached hydrogens (tertiary/aromatic N) is 3. The lowest BCUT2D eigenvalue weighted by Crippen LogP contribution is -2.48. The molecule has 26 heteroatoms. The van der Waals surface area contributed by atoms with Crippen molar-refractivity contribution in [2.75, 3.05) is 158 Å². The van der Waals surface area contributed by atoms with E-state index in [2.05, 4.69) is 74.8 Å². The molecule has 16 aliphatic carbocycles. The van der Waals surface area contributed by atoms with Crippen LogP contribution in [0.5, 0.6) is 23.0 Å². The monoisotopic (exact) mass is 1810 g/mol. The Morgan fingerprint density at radius 2 is 0.698 bits per heavy atom. The van der Waals surface area contributed by atoms with Crippen molar-refractivity contribution in [1.29, 1.82) is 0 Å². The minimum absolute atomic E-state index is 0.00937. The standard InChI is InChI=1S/C49H79ClN6O12.C20H26O3.C18H22O3.C16H20O/c50-11-3-1-2-4-16-60-21-22-62-18-13-52-47(58)38-67-30-29-66-27-24-61-17-12-51-46(57)10-7-44-37-56(55-54-44)15-20-64-25-28-65-26-23-63-19-14-53-48(59)39-68-45-8-5-43(6-9-45)49-34-40-31-41(35-49)33-42(32-40)36-49;1-2-22-19(21)13-23-18-5-3-17(4-6-18)20-10-14-7-15(11-20)9-16(8-14)12-20;19-17(20)11-21-16-3-1-15(2-4-16)18-8-12-5-13(9-18)7-14(6-12)10-18;17-15-3-1-14(2-4-15)16-8-11-5-12(9-16)7-13(6-11)10-16/h5-6,8-9,37,40-42H,1-4,7,10-36,38-39H2,(H,51,57)(H,52,58)(H,53,59);3-6,14-16H,2,7-13H2,1H3;1-4,12-14H,5-11H2,(H,19,20);1-4,11-13,17H,5-10H2. The first-order valence-electron chi connectivity index (χ1n) is 49.2. The maximum Gasteiger partial charge on any atom is 0.344 e. The van der Waals surface area contributed by atoms with Crippen molar-refractivity contribution in [3.05, 3.63) is 131 Å². The van der Waals surface area contributed by atoms with Gasteiger partial charge >= 0.3 is 11.9 Å². The number of phenols is 1. The first-order chi connectivity index (χ1) is 62.9. The summed E-state index contributed by atoms with van der Waals surface area (Å²) in [6.45, 7) is 10.1. The number of carboxylic acid groups (broad SMARTS) is 1. The van der Waals surface area contributed by atoms with Crippen LogP contribution in [0, 0.1) is 71.0 Å². The Kier molecular flexibility index (Phi) is 37.4. The molecule has 3 amide bonds. The molecule has 0 spiro atoms. The van der Waals surface area contributed by atoms with Crippen LogP contribution in [0.25, 0.3) is 0 Å². The number of aryl methyl sites for hydroxylation is 1. The van der Waals surface area contributed by atoms with E-state index in [4.69, 9.17) is 73.5 Å². The Morgan fingerprint density at radius 1 is 0.380 bits per heavy atom. The predicted molar refractivity (Wildman–Crippen MR) is 491 cm³/mol. The summed E-state index contributed by atoms with van der Waals surface area (Å²) >= 11 is 5.66. The molecule has 4 aromatic carbocycles. The number of esters is 1. The van der Waals surface area contributed by atoms with Crippen LogP contribution < -0.4 is 30.2 Å². The molecule has 0 aliphatic heterocycles. The molecule has 0 atom stereocenters. The van der Waals surface area contributed by atoms with Crippen LogP contribution in [0.15, 0.2) is 103 Å². The van der Waals surface area contributed by atoms with Gasteiger partial charge in [-0.25, -0.2) is 14.3 Å². The fraction of sp³-hybridized carbons (Fsp3) is 0.699. The van der Waals surface area contributed by atoms with E-state index >= 15 is 0 Å². The Balaban J connectivity index is 0.000000173. The van der Waals surface area contributed by atoms with Crippen LogP contribution >= 0.6 is 11.6 Å². The highest BCUT2D eigenvalue weighted by Crippen LogP contribution is 2.65. The van der Waals surface area contributed by atoms with Gasteiger partial charge in [0, 0.05) is 51.2 Å². The third kappa shape index (κ3) is 29.5. The van der Waals surface area contributed by atoms with Gasteiger partial charge in [-0.15, -0.1) is 16.7 Å². The van der Waals surface area contributed by atoms with Crippen molar-refractivity contribution < 1.29 is 91.0 Å². The number of unbranched alkanes of at least 4 members (excludes halogenated alkanes) is 3. The normalized spacial score (nSPS) is 28.0. The summed E-state index contributed by atoms with van der Waals surface area (Å²) in [4.78, 5) is 58.3. The van der Waals surface area contributed by atoms with Gasteiger partial charge in [0.05, 0.1) is 111 Å². The minimum Gasteiger partial charge on any atom is -0.508 e. The van der Waals surface area contributed by atoms with E-state index < -0.39 is 5.97 Å². The van der Waals surface area contributed by atoms with Gasteiger partial charge in [-0.3, -0.25) is 14.4 Å². The van der Waals surface area contributed by atoms with Crippen LogP contribution in [0.1, 0.15) is 221 Å². The fourth-order valence-electron chi connectivity index (χ4n) is 26.1. The molecule has 0 unspecified atom stereocenters. The van der Waals surface area contributed by atoms with Gasteiger partial charge in [-0.2, -0.15) is 0 Å². The maximum atomic E-state index is 12.3. The summed E-state index contributed by atoms with van der Waals surface area (Å²) in [6, 6.07) is 33.3. The number of aromatic nitrogens is 3. The van der Waals surface area contributed by atoms with Gasteiger partial charge in [0.25, 0.3) is 5.91 Å². The largest absolute Gasteiger partial charge is 0.508 e. The number of aromatic hydroxyl groups is 1. The van der Waals surface area contributed by atoms with Gasteiger partial charge in [0.1, 0.15) is 29.6 Å². The molecule has 0 radical (unpaired) electrons. The SMILES string of the molecule is CCOC(=O)COc1ccc(C23CC4CC(CC(C4)C2)C3)cc1.O=C(CCc1cn(CCOCCOCCOCCNC(=O)COc2ccc(C34CC5CC(CC(C5)C3)C4)cc2)nn1)NCCOCCOCCOCC(=O)NCCOCCOCCCCCCCl.O=C(O)COc1ccc(C23CC4CC(CC(C4)C2)C3)cc1.Oc1ccc(C23CC4CC(CC(C4)C2)C3)cc1. The van der Waals surface area contributed by atoms with Gasteiger partial charge in [-0.1, -0.05) is 66.6 Å². The fourth-order valence-corrected chi connectivity index (χ4v) is 26.3. The summed E-state index contributed by atoms with van der Waals surface area (Å²) in [5.74, 6) is 13.0. The topological polar surface area (TPSA) is 303 Å². The highest BCUT2D eigenvalue weighted by molar-refractivity contribution is 6.17. The molecule has 21 rings (SSSR count). The molecular formula is C103H147ClN6O19. The van der Waals surface area contributed by atoms with Crippen molar-refractivity contribution in [2.24, 2.45) is 71.0 Å². The summed E-state index contributed by atoms with van der Waals surface area (Å²) < 4.78 is 67.2. The molecule has 710 valence electrons. The van der Waals surface area contributed by atoms with Crippen molar-refractivity contribution in [1.82, 2.24) is 30.9 Å². The molecular weight excluding hydrogens is 1660 g/mol. The zero-order valence-electron chi connectivity index (χ0n) is 76.7. The zero-order chi connectivity index (χ0) is 89.5. The number of halogens is 1. The molecule has 16 saturated carbocycles. The van der Waals surface area contributed by atoms with Gasteiger partial charge in [0.15, 0.2) is 19.8 Å².